The molecular formula is C65H43N. The van der Waals surface area contributed by atoms with Gasteiger partial charge in [-0.05, 0) is 131 Å². The van der Waals surface area contributed by atoms with Gasteiger partial charge in [0.25, 0.3) is 0 Å². The van der Waals surface area contributed by atoms with Gasteiger partial charge in [0.05, 0.1) is 18.0 Å². The molecule has 0 aromatic heterocycles. The molecule has 0 heterocycles. The van der Waals surface area contributed by atoms with E-state index in [1.165, 1.54) is 50.1 Å². The van der Waals surface area contributed by atoms with E-state index in [4.69, 9.17) is 6.85 Å². The first-order valence-electron chi connectivity index (χ1n) is 25.0. The van der Waals surface area contributed by atoms with E-state index in [-0.39, 0.29) is 29.7 Å². The summed E-state index contributed by atoms with van der Waals surface area (Å²) in [7, 11) is 0. The fourth-order valence-corrected chi connectivity index (χ4v) is 10.9. The largest absolute Gasteiger partial charge is 0.310 e. The molecule has 1 spiro atoms. The first-order chi connectivity index (χ1) is 34.8. The standard InChI is InChI=1S/C65H43N/c1-3-15-44(16-4-1)46-31-36-51(37-32-46)66(52-38-33-47(34-39-52)45-17-5-2-6-18-45)64-42-41-53(54-19-7-8-23-59(54)64)49-29-27-48(28-30-49)50-35-40-58-57-22-11-14-26-62(57)65(63(58)43-50)60-24-12-9-20-55(60)56-21-10-13-25-61(56)65/h1-43H/i1D,3D,4D,15D,16D. The molecule has 0 fully saturated rings. The van der Waals surface area contributed by atoms with Crippen molar-refractivity contribution in [1.29, 1.82) is 0 Å². The highest BCUT2D eigenvalue weighted by Gasteiger charge is 2.51. The average molecular weight is 843 g/mol. The van der Waals surface area contributed by atoms with E-state index in [1.807, 2.05) is 42.5 Å². The van der Waals surface area contributed by atoms with Gasteiger partial charge in [0, 0.05) is 16.8 Å². The maximum atomic E-state index is 8.65. The Labute approximate surface area is 393 Å². The van der Waals surface area contributed by atoms with Crippen LogP contribution in [0, 0.1) is 0 Å². The topological polar surface area (TPSA) is 3.24 Å². The lowest BCUT2D eigenvalue weighted by atomic mass is 9.70. The van der Waals surface area contributed by atoms with Crippen LogP contribution in [0.4, 0.5) is 17.1 Å². The summed E-state index contributed by atoms with van der Waals surface area (Å²) in [6.45, 7) is 0. The van der Waals surface area contributed by atoms with Crippen molar-refractivity contribution < 1.29 is 6.85 Å². The number of benzene rings is 11. The molecular weight excluding hydrogens is 795 g/mol. The predicted octanol–water partition coefficient (Wildman–Crippen LogP) is 17.3. The Morgan fingerprint density at radius 1 is 0.288 bits per heavy atom. The molecule has 1 heteroatoms. The molecule has 2 aliphatic carbocycles. The third-order valence-corrected chi connectivity index (χ3v) is 13.8. The van der Waals surface area contributed by atoms with Crippen LogP contribution in [0.25, 0.3) is 77.5 Å². The number of rotatable bonds is 7. The summed E-state index contributed by atoms with van der Waals surface area (Å²) in [6.07, 6.45) is 0. The van der Waals surface area contributed by atoms with Crippen LogP contribution in [0.2, 0.25) is 0 Å². The molecule has 11 aromatic carbocycles. The second-order valence-corrected chi connectivity index (χ2v) is 17.2. The molecule has 0 amide bonds. The Morgan fingerprint density at radius 2 is 0.712 bits per heavy atom. The van der Waals surface area contributed by atoms with E-state index in [2.05, 4.69) is 193 Å². The van der Waals surface area contributed by atoms with Crippen LogP contribution in [-0.4, -0.2) is 0 Å². The van der Waals surface area contributed by atoms with Gasteiger partial charge in [-0.15, -0.1) is 0 Å². The maximum Gasteiger partial charge on any atom is 0.0725 e. The van der Waals surface area contributed by atoms with Gasteiger partial charge in [-0.2, -0.15) is 0 Å². The molecule has 0 saturated carbocycles. The zero-order valence-electron chi connectivity index (χ0n) is 40.9. The van der Waals surface area contributed by atoms with Crippen LogP contribution in [0.15, 0.2) is 261 Å². The summed E-state index contributed by atoms with van der Waals surface area (Å²) < 4.78 is 42.0. The molecule has 0 bridgehead atoms. The van der Waals surface area contributed by atoms with Gasteiger partial charge in [-0.3, -0.25) is 0 Å². The van der Waals surface area contributed by atoms with Gasteiger partial charge >= 0.3 is 0 Å². The van der Waals surface area contributed by atoms with Gasteiger partial charge < -0.3 is 4.90 Å². The second-order valence-electron chi connectivity index (χ2n) is 17.2. The molecule has 0 saturated heterocycles. The van der Waals surface area contributed by atoms with E-state index < -0.39 is 11.5 Å². The quantitative estimate of drug-likeness (QED) is 0.154. The van der Waals surface area contributed by atoms with E-state index in [0.29, 0.717) is 5.56 Å². The minimum Gasteiger partial charge on any atom is -0.310 e. The van der Waals surface area contributed by atoms with Gasteiger partial charge in [0.2, 0.25) is 0 Å². The first kappa shape index (κ1) is 33.1. The molecule has 1 nitrogen and oxygen atoms in total. The molecule has 0 unspecified atom stereocenters. The normalized spacial score (nSPS) is 13.7. The highest BCUT2D eigenvalue weighted by atomic mass is 15.1. The molecule has 66 heavy (non-hydrogen) atoms. The van der Waals surface area contributed by atoms with Crippen molar-refractivity contribution in [2.75, 3.05) is 4.90 Å². The summed E-state index contributed by atoms with van der Waals surface area (Å²) in [4.78, 5) is 2.23. The monoisotopic (exact) mass is 842 g/mol. The Bertz CT molecular complexity index is 3830. The second kappa shape index (κ2) is 15.3. The van der Waals surface area contributed by atoms with Crippen LogP contribution in [0.5, 0.6) is 0 Å². The van der Waals surface area contributed by atoms with Crippen molar-refractivity contribution in [2.45, 2.75) is 5.41 Å². The zero-order chi connectivity index (χ0) is 48.0. The highest BCUT2D eigenvalue weighted by molar-refractivity contribution is 6.06. The summed E-state index contributed by atoms with van der Waals surface area (Å²) in [6, 6.07) is 80.7. The van der Waals surface area contributed by atoms with Crippen LogP contribution < -0.4 is 4.90 Å². The predicted molar refractivity (Wildman–Crippen MR) is 277 cm³/mol. The van der Waals surface area contributed by atoms with Crippen molar-refractivity contribution in [1.82, 2.24) is 0 Å². The number of hydrogen-bond donors (Lipinski definition) is 0. The SMILES string of the molecule is [2H]c1c([2H])c([2H])c(-c2ccc(N(c3ccc(-c4ccccc4)cc3)c3ccc(-c4ccc(-c5ccc6c(c5)C5(c7ccccc7-c7ccccc75)c5ccccc5-6)cc4)c4ccccc34)cc2)c([2H])c1[2H]. The molecule has 0 radical (unpaired) electrons. The van der Waals surface area contributed by atoms with E-state index in [9.17, 15) is 0 Å². The molecule has 13 rings (SSSR count). The van der Waals surface area contributed by atoms with Crippen LogP contribution in [0.1, 0.15) is 29.1 Å². The summed E-state index contributed by atoms with van der Waals surface area (Å²) in [5, 5.41) is 2.17. The number of hydrogen-bond acceptors (Lipinski definition) is 1. The van der Waals surface area contributed by atoms with Crippen molar-refractivity contribution in [3.8, 4) is 66.8 Å². The molecule has 2 aliphatic rings. The Balaban J connectivity index is 0.898. The third-order valence-electron chi connectivity index (χ3n) is 13.8. The fraction of sp³-hybridized carbons (Fsp3) is 0.0154. The zero-order valence-corrected chi connectivity index (χ0v) is 35.9. The minimum atomic E-state index is -0.405. The molecule has 0 N–H and O–H groups in total. The number of fused-ring (bicyclic) bond motifs is 11. The third kappa shape index (κ3) is 5.87. The van der Waals surface area contributed by atoms with Gasteiger partial charge in [-0.1, -0.05) is 224 Å². The van der Waals surface area contributed by atoms with Crippen LogP contribution in [0.3, 0.4) is 0 Å². The molecule has 11 aromatic rings. The van der Waals surface area contributed by atoms with Crippen molar-refractivity contribution in [2.24, 2.45) is 0 Å². The van der Waals surface area contributed by atoms with Crippen molar-refractivity contribution >= 4 is 27.8 Å². The Hall–Kier alpha value is -8.52. The number of anilines is 3. The van der Waals surface area contributed by atoms with Crippen LogP contribution in [-0.2, 0) is 5.41 Å². The lowest BCUT2D eigenvalue weighted by Crippen LogP contribution is -2.25. The average Bonchev–Trinajstić information content (AvgIpc) is 3.90. The maximum absolute atomic E-state index is 8.65. The molecule has 0 atom stereocenters. The summed E-state index contributed by atoms with van der Waals surface area (Å²) in [5.74, 6) is 0. The highest BCUT2D eigenvalue weighted by Crippen LogP contribution is 2.63. The fourth-order valence-electron chi connectivity index (χ4n) is 10.9. The van der Waals surface area contributed by atoms with Crippen molar-refractivity contribution in [3.05, 3.63) is 283 Å². The van der Waals surface area contributed by atoms with E-state index in [1.54, 1.807) is 0 Å². The molecule has 308 valence electrons. The lowest BCUT2D eigenvalue weighted by Gasteiger charge is -2.30. The number of nitrogens with zero attached hydrogens (tertiary/aromatic N) is 1. The molecule has 0 aliphatic heterocycles. The first-order valence-corrected chi connectivity index (χ1v) is 22.5. The Morgan fingerprint density at radius 3 is 1.32 bits per heavy atom. The van der Waals surface area contributed by atoms with Gasteiger partial charge in [0.1, 0.15) is 0 Å². The van der Waals surface area contributed by atoms with Crippen LogP contribution >= 0.6 is 0 Å². The lowest BCUT2D eigenvalue weighted by molar-refractivity contribution is 0.794. The van der Waals surface area contributed by atoms with Gasteiger partial charge in [0.15, 0.2) is 0 Å². The van der Waals surface area contributed by atoms with E-state index >= 15 is 0 Å². The minimum absolute atomic E-state index is 0.179. The Kier molecular flexibility index (Phi) is 7.68. The van der Waals surface area contributed by atoms with Crippen molar-refractivity contribution in [3.63, 3.8) is 0 Å². The summed E-state index contributed by atoms with van der Waals surface area (Å²) in [5.41, 5.74) is 20.4. The smallest absolute Gasteiger partial charge is 0.0725 e. The summed E-state index contributed by atoms with van der Waals surface area (Å²) >= 11 is 0. The van der Waals surface area contributed by atoms with Gasteiger partial charge in [-0.25, -0.2) is 0 Å². The van der Waals surface area contributed by atoms with E-state index in [0.717, 1.165) is 55.7 Å².